The molecule has 7 nitrogen and oxygen atoms in total. The molecular formula is C19H23NaO7S2. The molecule has 0 saturated carbocycles. The van der Waals surface area contributed by atoms with Crippen molar-refractivity contribution in [3.63, 3.8) is 0 Å². The van der Waals surface area contributed by atoms with Crippen molar-refractivity contribution in [1.82, 2.24) is 0 Å². The van der Waals surface area contributed by atoms with E-state index in [1.165, 1.54) is 30.4 Å². The van der Waals surface area contributed by atoms with Gasteiger partial charge in [0, 0.05) is 4.88 Å². The van der Waals surface area contributed by atoms with Crippen LogP contribution in [-0.4, -0.2) is 32.2 Å². The van der Waals surface area contributed by atoms with Crippen molar-refractivity contribution in [3.8, 4) is 17.2 Å². The smallest absolute Gasteiger partial charge is 0.744 e. The van der Waals surface area contributed by atoms with Gasteiger partial charge < -0.3 is 18.8 Å². The van der Waals surface area contributed by atoms with Crippen LogP contribution < -0.4 is 43.8 Å². The van der Waals surface area contributed by atoms with Crippen LogP contribution in [-0.2, 0) is 21.3 Å². The van der Waals surface area contributed by atoms with Gasteiger partial charge in [-0.2, -0.15) is 0 Å². The Labute approximate surface area is 197 Å². The Morgan fingerprint density at radius 1 is 1.24 bits per heavy atom. The minimum atomic E-state index is -4.56. The second-order valence-corrected chi connectivity index (χ2v) is 9.00. The number of hydrogen-bond donors (Lipinski definition) is 0. The third-order valence-electron chi connectivity index (χ3n) is 4.16. The molecule has 1 aromatic heterocycles. The van der Waals surface area contributed by atoms with Crippen LogP contribution in [0, 0.1) is 19.8 Å². The Morgan fingerprint density at radius 3 is 2.45 bits per heavy atom. The molecule has 0 aliphatic carbocycles. The number of benzene rings is 1. The maximum absolute atomic E-state index is 12.4. The van der Waals surface area contributed by atoms with Gasteiger partial charge in [0.1, 0.15) is 29.1 Å². The zero-order valence-electron chi connectivity index (χ0n) is 16.1. The van der Waals surface area contributed by atoms with Crippen molar-refractivity contribution in [1.29, 1.82) is 0 Å². The van der Waals surface area contributed by atoms with E-state index < -0.39 is 22.0 Å². The third-order valence-corrected chi connectivity index (χ3v) is 6.25. The van der Waals surface area contributed by atoms with Crippen LogP contribution in [0.2, 0.25) is 0 Å². The summed E-state index contributed by atoms with van der Waals surface area (Å²) in [6.07, 6.45) is 0.440. The van der Waals surface area contributed by atoms with E-state index in [-0.39, 0.29) is 53.2 Å². The first-order valence-corrected chi connectivity index (χ1v) is 10.6. The van der Waals surface area contributed by atoms with E-state index in [1.807, 2.05) is 6.92 Å². The van der Waals surface area contributed by atoms with Crippen molar-refractivity contribution in [2.45, 2.75) is 39.5 Å². The first-order chi connectivity index (χ1) is 12.7. The van der Waals surface area contributed by atoms with Gasteiger partial charge in [-0.05, 0) is 44.0 Å². The fourth-order valence-corrected chi connectivity index (χ4v) is 4.72. The summed E-state index contributed by atoms with van der Waals surface area (Å²) >= 11 is 1.53. The summed E-state index contributed by atoms with van der Waals surface area (Å²) < 4.78 is 50.0. The first-order valence-electron chi connectivity index (χ1n) is 8.33. The molecule has 0 amide bonds. The van der Waals surface area contributed by atoms with E-state index in [4.69, 9.17) is 14.2 Å². The number of aryl methyl sites for hydroxylation is 2. The fourth-order valence-electron chi connectivity index (χ4n) is 2.84. The average Bonchev–Trinajstić information content (AvgIpc) is 2.90. The molecule has 1 aromatic carbocycles. The molecule has 0 N–H and O–H groups in total. The Balaban J connectivity index is 0.00000210. The molecule has 0 saturated heterocycles. The Morgan fingerprint density at radius 2 is 1.86 bits per heavy atom. The summed E-state index contributed by atoms with van der Waals surface area (Å²) in [7, 11) is -4.56. The number of hydrogen-bond acceptors (Lipinski definition) is 8. The van der Waals surface area contributed by atoms with Crippen LogP contribution in [0.3, 0.4) is 0 Å². The minimum absolute atomic E-state index is 0. The van der Waals surface area contributed by atoms with E-state index >= 15 is 0 Å². The van der Waals surface area contributed by atoms with Gasteiger partial charge in [-0.15, -0.1) is 11.3 Å². The van der Waals surface area contributed by atoms with Gasteiger partial charge in [-0.1, -0.05) is 14.4 Å². The normalized spacial score (nSPS) is 13.7. The van der Waals surface area contributed by atoms with Crippen LogP contribution in [0.5, 0.6) is 17.2 Å². The molecule has 1 unspecified atom stereocenters. The molecule has 0 radical (unpaired) electrons. The molecule has 154 valence electrons. The SMILES string of the molecule is C.Cc1cc(OC(=O)C(C)Cc2sc(C)c3c2OCCO3)ccc1S(=O)(=O)[O-].[Na+]. The van der Waals surface area contributed by atoms with E-state index in [0.717, 1.165) is 21.6 Å². The van der Waals surface area contributed by atoms with Crippen LogP contribution in [0.15, 0.2) is 23.1 Å². The quantitative estimate of drug-likeness (QED) is 0.282. The largest absolute Gasteiger partial charge is 1.00 e. The number of esters is 1. The van der Waals surface area contributed by atoms with Crippen LogP contribution >= 0.6 is 11.3 Å². The number of fused-ring (bicyclic) bond motifs is 1. The van der Waals surface area contributed by atoms with Crippen LogP contribution in [0.4, 0.5) is 0 Å². The van der Waals surface area contributed by atoms with Gasteiger partial charge >= 0.3 is 35.5 Å². The number of carbonyl (C=O) groups is 1. The second-order valence-electron chi connectivity index (χ2n) is 6.34. The zero-order valence-corrected chi connectivity index (χ0v) is 19.7. The zero-order chi connectivity index (χ0) is 19.8. The standard InChI is InChI=1S/C18H20O7S2.CH4.Na/c1-10-8-13(4-5-15(10)27(20,21)22)25-18(19)11(2)9-14-17-16(12(3)26-14)23-6-7-24-17;;/h4-5,8,11H,6-7,9H2,1-3H3,(H,20,21,22);1H4;/q;;+1/p-1. The van der Waals surface area contributed by atoms with Crippen LogP contribution in [0.25, 0.3) is 0 Å². The maximum atomic E-state index is 12.4. The molecule has 2 aromatic rings. The van der Waals surface area contributed by atoms with Gasteiger partial charge in [-0.3, -0.25) is 4.79 Å². The van der Waals surface area contributed by atoms with Crippen molar-refractivity contribution < 1.29 is 61.5 Å². The Bertz CT molecular complexity index is 983. The molecule has 29 heavy (non-hydrogen) atoms. The van der Waals surface area contributed by atoms with Gasteiger partial charge in [0.15, 0.2) is 11.5 Å². The maximum Gasteiger partial charge on any atom is 1.00 e. The molecule has 1 atom stereocenters. The van der Waals surface area contributed by atoms with Crippen molar-refractivity contribution in [2.75, 3.05) is 13.2 Å². The van der Waals surface area contributed by atoms with E-state index in [2.05, 4.69) is 0 Å². The summed E-state index contributed by atoms with van der Waals surface area (Å²) in [5, 5.41) is 0. The van der Waals surface area contributed by atoms with Gasteiger partial charge in [0.25, 0.3) is 0 Å². The molecule has 1 aliphatic heterocycles. The van der Waals surface area contributed by atoms with Crippen molar-refractivity contribution >= 4 is 27.4 Å². The number of thiophene rings is 1. The van der Waals surface area contributed by atoms with E-state index in [9.17, 15) is 17.8 Å². The molecule has 0 fully saturated rings. The van der Waals surface area contributed by atoms with E-state index in [1.54, 1.807) is 6.92 Å². The molecule has 2 heterocycles. The van der Waals surface area contributed by atoms with Gasteiger partial charge in [0.05, 0.1) is 15.7 Å². The third kappa shape index (κ3) is 5.96. The summed E-state index contributed by atoms with van der Waals surface area (Å²) in [4.78, 5) is 14.0. The summed E-state index contributed by atoms with van der Waals surface area (Å²) in [5.74, 6) is 0.737. The molecule has 0 spiro atoms. The van der Waals surface area contributed by atoms with E-state index in [0.29, 0.717) is 25.4 Å². The average molecular weight is 451 g/mol. The monoisotopic (exact) mass is 450 g/mol. The molecular weight excluding hydrogens is 427 g/mol. The minimum Gasteiger partial charge on any atom is -0.744 e. The summed E-state index contributed by atoms with van der Waals surface area (Å²) in [6, 6.07) is 3.81. The molecule has 10 heteroatoms. The fraction of sp³-hybridized carbons (Fsp3) is 0.421. The van der Waals surface area contributed by atoms with Gasteiger partial charge in [-0.25, -0.2) is 8.42 Å². The Hall–Kier alpha value is -1.10. The summed E-state index contributed by atoms with van der Waals surface area (Å²) in [6.45, 7) is 6.15. The number of rotatable bonds is 5. The predicted octanol–water partition coefficient (Wildman–Crippen LogP) is 0.465. The van der Waals surface area contributed by atoms with Crippen LogP contribution in [0.1, 0.15) is 29.7 Å². The Kier molecular flexibility index (Phi) is 9.19. The predicted molar refractivity (Wildman–Crippen MR) is 104 cm³/mol. The van der Waals surface area contributed by atoms with Crippen molar-refractivity contribution in [2.24, 2.45) is 5.92 Å². The first kappa shape index (κ1) is 25.9. The molecule has 3 rings (SSSR count). The summed E-state index contributed by atoms with van der Waals surface area (Å²) in [5.41, 5.74) is 0.233. The molecule has 0 bridgehead atoms. The van der Waals surface area contributed by atoms with Crippen molar-refractivity contribution in [3.05, 3.63) is 33.5 Å². The van der Waals surface area contributed by atoms with Gasteiger partial charge in [0.2, 0.25) is 0 Å². The molecule has 1 aliphatic rings. The topological polar surface area (TPSA) is 102 Å². The number of carbonyl (C=O) groups excluding carboxylic acids is 1. The second kappa shape index (κ2) is 10.3. The number of ether oxygens (including phenoxy) is 3.